The van der Waals surface area contributed by atoms with Crippen LogP contribution >= 0.6 is 11.3 Å². The van der Waals surface area contributed by atoms with Crippen molar-refractivity contribution in [3.63, 3.8) is 0 Å². The molecule has 0 fully saturated rings. The van der Waals surface area contributed by atoms with Crippen LogP contribution in [0.1, 0.15) is 22.9 Å². The number of nitrogens with zero attached hydrogens (tertiary/aromatic N) is 2. The van der Waals surface area contributed by atoms with E-state index < -0.39 is 0 Å². The molecule has 1 N–H and O–H groups in total. The lowest BCUT2D eigenvalue weighted by Crippen LogP contribution is -2.33. The summed E-state index contributed by atoms with van der Waals surface area (Å²) < 4.78 is 2.49. The first kappa shape index (κ1) is 32.7. The number of aliphatic imine (C=N–C) groups is 2. The van der Waals surface area contributed by atoms with Gasteiger partial charge in [0.25, 0.3) is 0 Å². The maximum atomic E-state index is 5.15. The summed E-state index contributed by atoms with van der Waals surface area (Å²) in [5, 5.41) is 6.13. The number of amidine groups is 2. The molecule has 0 amide bonds. The van der Waals surface area contributed by atoms with E-state index >= 15 is 0 Å². The third-order valence-corrected chi connectivity index (χ3v) is 11.5. The average molecular weight is 722 g/mol. The van der Waals surface area contributed by atoms with Gasteiger partial charge in [0.2, 0.25) is 0 Å². The fourth-order valence-electron chi connectivity index (χ4n) is 7.61. The second-order valence-electron chi connectivity index (χ2n) is 13.8. The van der Waals surface area contributed by atoms with Crippen molar-refractivity contribution in [2.24, 2.45) is 9.98 Å². The van der Waals surface area contributed by atoms with Crippen LogP contribution in [0.25, 0.3) is 64.7 Å². The lowest BCUT2D eigenvalue weighted by molar-refractivity contribution is 0.674. The molecule has 1 aromatic heterocycles. The molecule has 4 heteroatoms. The molecule has 0 radical (unpaired) electrons. The highest BCUT2D eigenvalue weighted by Gasteiger charge is 2.23. The first-order valence-electron chi connectivity index (χ1n) is 18.6. The predicted molar refractivity (Wildman–Crippen MR) is 233 cm³/mol. The fourth-order valence-corrected chi connectivity index (χ4v) is 8.73. The van der Waals surface area contributed by atoms with Crippen LogP contribution in [0.4, 0.5) is 0 Å². The molecule has 2 heterocycles. The molecule has 1 unspecified atom stereocenters. The van der Waals surface area contributed by atoms with Crippen LogP contribution < -0.4 is 5.32 Å². The predicted octanol–water partition coefficient (Wildman–Crippen LogP) is 13.2. The maximum absolute atomic E-state index is 5.15. The molecule has 55 heavy (non-hydrogen) atoms. The van der Waals surface area contributed by atoms with E-state index in [1.165, 1.54) is 64.7 Å². The molecule has 9 aromatic rings. The quantitative estimate of drug-likeness (QED) is 0.175. The van der Waals surface area contributed by atoms with Crippen molar-refractivity contribution in [2.75, 3.05) is 0 Å². The largest absolute Gasteiger partial charge is 0.344 e. The van der Waals surface area contributed by atoms with E-state index in [1.54, 1.807) is 0 Å². The van der Waals surface area contributed by atoms with Crippen LogP contribution in [0.2, 0.25) is 0 Å². The molecule has 0 saturated heterocycles. The molecular weight excluding hydrogens is 687 g/mol. The van der Waals surface area contributed by atoms with Crippen molar-refractivity contribution < 1.29 is 0 Å². The van der Waals surface area contributed by atoms with E-state index in [0.717, 1.165) is 28.4 Å². The van der Waals surface area contributed by atoms with Gasteiger partial charge < -0.3 is 5.32 Å². The Morgan fingerprint density at radius 3 is 1.56 bits per heavy atom. The summed E-state index contributed by atoms with van der Waals surface area (Å²) in [6.45, 7) is 0. The monoisotopic (exact) mass is 721 g/mol. The molecule has 1 atom stereocenters. The lowest BCUT2D eigenvalue weighted by Gasteiger charge is -2.24. The second-order valence-corrected chi connectivity index (χ2v) is 14.9. The van der Waals surface area contributed by atoms with E-state index in [2.05, 4.69) is 181 Å². The zero-order valence-corrected chi connectivity index (χ0v) is 30.7. The molecule has 3 nitrogen and oxygen atoms in total. The Labute approximate surface area is 324 Å². The van der Waals surface area contributed by atoms with Crippen molar-refractivity contribution in [1.82, 2.24) is 5.32 Å². The minimum absolute atomic E-state index is 0.251. The topological polar surface area (TPSA) is 36.8 Å². The number of thiophene rings is 1. The summed E-state index contributed by atoms with van der Waals surface area (Å²) in [5.74, 6) is 1.56. The smallest absolute Gasteiger partial charge is 0.159 e. The molecule has 10 rings (SSSR count). The first-order valence-corrected chi connectivity index (χ1v) is 19.4. The number of benzene rings is 8. The average Bonchev–Trinajstić information content (AvgIpc) is 3.66. The van der Waals surface area contributed by atoms with E-state index in [4.69, 9.17) is 9.98 Å². The fraction of sp³-hybridized carbons (Fsp3) is 0.0196. The summed E-state index contributed by atoms with van der Waals surface area (Å²) in [4.78, 5) is 10.2. The lowest BCUT2D eigenvalue weighted by atomic mass is 9.93. The molecule has 260 valence electrons. The minimum atomic E-state index is -0.251. The van der Waals surface area contributed by atoms with Crippen LogP contribution in [0.3, 0.4) is 0 Å². The van der Waals surface area contributed by atoms with Crippen molar-refractivity contribution in [2.45, 2.75) is 6.17 Å². The highest BCUT2D eigenvalue weighted by molar-refractivity contribution is 7.25. The number of nitrogens with one attached hydrogen (secondary N) is 1. The van der Waals surface area contributed by atoms with Gasteiger partial charge >= 0.3 is 0 Å². The highest BCUT2D eigenvalue weighted by atomic mass is 32.1. The van der Waals surface area contributed by atoms with E-state index in [1.807, 2.05) is 35.6 Å². The van der Waals surface area contributed by atoms with E-state index in [-0.39, 0.29) is 6.17 Å². The number of fused-ring (bicyclic) bond motifs is 3. The Morgan fingerprint density at radius 1 is 0.400 bits per heavy atom. The van der Waals surface area contributed by atoms with Gasteiger partial charge in [0.1, 0.15) is 12.0 Å². The van der Waals surface area contributed by atoms with Crippen molar-refractivity contribution >= 4 is 43.2 Å². The number of rotatable bonds is 7. The van der Waals surface area contributed by atoms with Gasteiger partial charge in [-0.2, -0.15) is 0 Å². The molecule has 0 aliphatic carbocycles. The van der Waals surface area contributed by atoms with Crippen molar-refractivity contribution in [3.05, 3.63) is 217 Å². The third kappa shape index (κ3) is 6.33. The van der Waals surface area contributed by atoms with E-state index in [0.29, 0.717) is 0 Å². The Balaban J connectivity index is 0.979. The Kier molecular flexibility index (Phi) is 8.43. The zero-order valence-electron chi connectivity index (χ0n) is 29.9. The van der Waals surface area contributed by atoms with Crippen LogP contribution in [-0.2, 0) is 0 Å². The highest BCUT2D eigenvalue weighted by Crippen LogP contribution is 2.40. The Bertz CT molecular complexity index is 2860. The normalized spacial score (nSPS) is 14.0. The van der Waals surface area contributed by atoms with Crippen LogP contribution in [0.5, 0.6) is 0 Å². The Morgan fingerprint density at radius 2 is 0.909 bits per heavy atom. The number of hydrogen-bond donors (Lipinski definition) is 1. The van der Waals surface area contributed by atoms with Gasteiger partial charge in [-0.25, -0.2) is 9.98 Å². The standard InChI is InChI=1S/C51H35N3S/c1-4-13-37(14-5-1)42-19-10-11-20-43(42)38-29-27-35(28-30-38)34-23-25-36(26-24-34)41-31-32-46-45(33-41)48-44(21-12-22-47(48)55-46)51-53-49(39-15-6-2-7-16-39)52-50(54-51)40-17-8-3-9-18-40/h1-33,49H,(H,52,53,54). The van der Waals surface area contributed by atoms with Gasteiger partial charge in [-0.1, -0.05) is 182 Å². The summed E-state index contributed by atoms with van der Waals surface area (Å²) in [5.41, 5.74) is 12.9. The minimum Gasteiger partial charge on any atom is -0.344 e. The second kappa shape index (κ2) is 14.2. The molecule has 8 aromatic carbocycles. The van der Waals surface area contributed by atoms with Gasteiger partial charge in [-0.3, -0.25) is 0 Å². The number of hydrogen-bond acceptors (Lipinski definition) is 4. The van der Waals surface area contributed by atoms with Crippen molar-refractivity contribution in [1.29, 1.82) is 0 Å². The summed E-state index contributed by atoms with van der Waals surface area (Å²) >= 11 is 1.82. The summed E-state index contributed by atoms with van der Waals surface area (Å²) in [6.07, 6.45) is -0.251. The molecular formula is C51H35N3S. The molecule has 0 bridgehead atoms. The Hall–Kier alpha value is -6.88. The third-order valence-electron chi connectivity index (χ3n) is 10.4. The van der Waals surface area contributed by atoms with Gasteiger partial charge in [-0.15, -0.1) is 11.3 Å². The van der Waals surface area contributed by atoms with Gasteiger partial charge in [0.05, 0.1) is 0 Å². The van der Waals surface area contributed by atoms with Crippen LogP contribution in [-0.4, -0.2) is 11.7 Å². The first-order chi connectivity index (χ1) is 27.2. The van der Waals surface area contributed by atoms with Crippen molar-refractivity contribution in [3.8, 4) is 44.5 Å². The van der Waals surface area contributed by atoms with Crippen LogP contribution in [0.15, 0.2) is 210 Å². The summed E-state index contributed by atoms with van der Waals surface area (Å²) in [7, 11) is 0. The summed E-state index contributed by atoms with van der Waals surface area (Å²) in [6, 6.07) is 71.2. The molecule has 1 aliphatic rings. The van der Waals surface area contributed by atoms with Gasteiger partial charge in [-0.05, 0) is 68.3 Å². The van der Waals surface area contributed by atoms with Crippen LogP contribution in [0, 0.1) is 0 Å². The zero-order chi connectivity index (χ0) is 36.6. The molecule has 1 aliphatic heterocycles. The van der Waals surface area contributed by atoms with Gasteiger partial charge in [0, 0.05) is 31.3 Å². The molecule has 0 spiro atoms. The van der Waals surface area contributed by atoms with Gasteiger partial charge in [0.15, 0.2) is 5.84 Å². The molecule has 0 saturated carbocycles. The van der Waals surface area contributed by atoms with E-state index in [9.17, 15) is 0 Å². The SMILES string of the molecule is c1ccc(C2=NC(c3ccccc3)NC(c3cccc4sc5ccc(-c6ccc(-c7ccc(-c8ccccc8-c8ccccc8)cc7)cc6)cc5c34)=N2)cc1. The maximum Gasteiger partial charge on any atom is 0.159 e.